The highest BCUT2D eigenvalue weighted by atomic mass is 32.2. The first kappa shape index (κ1) is 23.1. The second-order valence-corrected chi connectivity index (χ2v) is 9.25. The lowest BCUT2D eigenvalue weighted by Crippen LogP contribution is -2.33. The van der Waals surface area contributed by atoms with E-state index in [0.29, 0.717) is 5.56 Å². The van der Waals surface area contributed by atoms with Crippen LogP contribution in [0.1, 0.15) is 43.6 Å². The van der Waals surface area contributed by atoms with Crippen molar-refractivity contribution in [3.8, 4) is 0 Å². The molecule has 2 rings (SSSR count). The quantitative estimate of drug-likeness (QED) is 0.674. The van der Waals surface area contributed by atoms with Crippen molar-refractivity contribution in [3.63, 3.8) is 0 Å². The van der Waals surface area contributed by atoms with Gasteiger partial charge in [0, 0.05) is 30.9 Å². The summed E-state index contributed by atoms with van der Waals surface area (Å²) in [6.45, 7) is 10.6. The molecule has 6 nitrogen and oxygen atoms in total. The third kappa shape index (κ3) is 5.88. The van der Waals surface area contributed by atoms with E-state index in [1.54, 1.807) is 7.05 Å². The van der Waals surface area contributed by atoms with Gasteiger partial charge in [-0.2, -0.15) is 4.31 Å². The molecule has 0 aromatic heterocycles. The number of rotatable bonds is 9. The van der Waals surface area contributed by atoms with Crippen molar-refractivity contribution in [3.05, 3.63) is 59.7 Å². The van der Waals surface area contributed by atoms with Gasteiger partial charge in [-0.25, -0.2) is 8.42 Å². The monoisotopic (exact) mass is 417 g/mol. The van der Waals surface area contributed by atoms with E-state index in [0.717, 1.165) is 30.9 Å². The van der Waals surface area contributed by atoms with E-state index in [4.69, 9.17) is 0 Å². The zero-order chi connectivity index (χ0) is 21.6. The highest BCUT2D eigenvalue weighted by Gasteiger charge is 2.23. The van der Waals surface area contributed by atoms with Gasteiger partial charge in [-0.05, 0) is 68.9 Å². The third-order valence-electron chi connectivity index (χ3n) is 5.01. The zero-order valence-corrected chi connectivity index (χ0v) is 18.7. The molecular weight excluding hydrogens is 386 g/mol. The average molecular weight is 418 g/mol. The molecular formula is C22H31N3O3S. The van der Waals surface area contributed by atoms with Crippen LogP contribution in [-0.4, -0.2) is 49.7 Å². The standard InChI is InChI=1S/C22H31N3O3S/c1-6-25(7-2)16-18-9-8-10-20(15-18)23-22(26)19-11-13-21(14-12-19)29(27,28)24(5)17(3)4/h8-15,17H,6-7,16H2,1-5H3,(H,23,26). The molecule has 0 aliphatic heterocycles. The molecule has 0 aliphatic carbocycles. The number of carbonyl (C=O) groups is 1. The summed E-state index contributed by atoms with van der Waals surface area (Å²) < 4.78 is 26.4. The first-order chi connectivity index (χ1) is 13.7. The molecule has 1 N–H and O–H groups in total. The van der Waals surface area contributed by atoms with Crippen LogP contribution in [0.2, 0.25) is 0 Å². The number of nitrogens with one attached hydrogen (secondary N) is 1. The maximum Gasteiger partial charge on any atom is 0.255 e. The first-order valence-corrected chi connectivity index (χ1v) is 11.3. The van der Waals surface area contributed by atoms with Gasteiger partial charge in [-0.3, -0.25) is 9.69 Å². The lowest BCUT2D eigenvalue weighted by molar-refractivity contribution is 0.102. The molecule has 0 bridgehead atoms. The molecule has 0 spiro atoms. The Labute approximate surface area is 174 Å². The fraction of sp³-hybridized carbons (Fsp3) is 0.409. The summed E-state index contributed by atoms with van der Waals surface area (Å²) in [5, 5.41) is 2.89. The lowest BCUT2D eigenvalue weighted by Gasteiger charge is -2.21. The molecule has 2 aromatic rings. The van der Waals surface area contributed by atoms with Gasteiger partial charge in [-0.15, -0.1) is 0 Å². The molecule has 0 heterocycles. The van der Waals surface area contributed by atoms with Crippen LogP contribution in [0.4, 0.5) is 5.69 Å². The fourth-order valence-corrected chi connectivity index (χ4v) is 4.25. The van der Waals surface area contributed by atoms with Crippen molar-refractivity contribution in [2.24, 2.45) is 0 Å². The molecule has 0 aliphatic rings. The van der Waals surface area contributed by atoms with Gasteiger partial charge in [0.15, 0.2) is 0 Å². The highest BCUT2D eigenvalue weighted by molar-refractivity contribution is 7.89. The van der Waals surface area contributed by atoms with Crippen molar-refractivity contribution in [1.82, 2.24) is 9.21 Å². The Bertz CT molecular complexity index is 921. The molecule has 7 heteroatoms. The summed E-state index contributed by atoms with van der Waals surface area (Å²) in [7, 11) is -2.02. The normalized spacial score (nSPS) is 12.0. The summed E-state index contributed by atoms with van der Waals surface area (Å²) in [5.74, 6) is -0.272. The van der Waals surface area contributed by atoms with E-state index in [1.807, 2.05) is 38.1 Å². The van der Waals surface area contributed by atoms with Crippen LogP contribution < -0.4 is 5.32 Å². The number of benzene rings is 2. The van der Waals surface area contributed by atoms with Crippen LogP contribution in [0.25, 0.3) is 0 Å². The number of hydrogen-bond acceptors (Lipinski definition) is 4. The van der Waals surface area contributed by atoms with E-state index in [1.165, 1.54) is 28.6 Å². The molecule has 29 heavy (non-hydrogen) atoms. The minimum absolute atomic E-state index is 0.147. The van der Waals surface area contributed by atoms with Crippen molar-refractivity contribution < 1.29 is 13.2 Å². The zero-order valence-electron chi connectivity index (χ0n) is 17.8. The van der Waals surface area contributed by atoms with Crippen molar-refractivity contribution >= 4 is 21.6 Å². The number of carbonyl (C=O) groups excluding carboxylic acids is 1. The molecule has 0 saturated heterocycles. The molecule has 1 amide bonds. The Morgan fingerprint density at radius 1 is 1.03 bits per heavy atom. The maximum atomic E-state index is 12.6. The summed E-state index contributed by atoms with van der Waals surface area (Å²) in [6, 6.07) is 13.6. The topological polar surface area (TPSA) is 69.7 Å². The van der Waals surface area contributed by atoms with Crippen LogP contribution in [0.3, 0.4) is 0 Å². The Hall–Kier alpha value is -2.22. The second kappa shape index (κ2) is 10.0. The minimum Gasteiger partial charge on any atom is -0.322 e. The third-order valence-corrected chi connectivity index (χ3v) is 7.05. The van der Waals surface area contributed by atoms with Gasteiger partial charge in [-0.1, -0.05) is 26.0 Å². The lowest BCUT2D eigenvalue weighted by atomic mass is 10.1. The van der Waals surface area contributed by atoms with Crippen molar-refractivity contribution in [2.75, 3.05) is 25.5 Å². The van der Waals surface area contributed by atoms with E-state index in [9.17, 15) is 13.2 Å². The smallest absolute Gasteiger partial charge is 0.255 e. The first-order valence-electron chi connectivity index (χ1n) is 9.89. The SMILES string of the molecule is CCN(CC)Cc1cccc(NC(=O)c2ccc(S(=O)(=O)N(C)C(C)C)cc2)c1. The van der Waals surface area contributed by atoms with Crippen molar-refractivity contribution in [2.45, 2.75) is 45.2 Å². The number of hydrogen-bond donors (Lipinski definition) is 1. The number of anilines is 1. The van der Waals surface area contributed by atoms with Gasteiger partial charge < -0.3 is 5.32 Å². The van der Waals surface area contributed by atoms with Crippen LogP contribution in [-0.2, 0) is 16.6 Å². The van der Waals surface area contributed by atoms with Gasteiger partial charge in [0.2, 0.25) is 10.0 Å². The van der Waals surface area contributed by atoms with Gasteiger partial charge >= 0.3 is 0 Å². The largest absolute Gasteiger partial charge is 0.322 e. The summed E-state index contributed by atoms with van der Waals surface area (Å²) >= 11 is 0. The summed E-state index contributed by atoms with van der Waals surface area (Å²) in [5.41, 5.74) is 2.26. The van der Waals surface area contributed by atoms with Crippen LogP contribution in [0.5, 0.6) is 0 Å². The van der Waals surface area contributed by atoms with E-state index >= 15 is 0 Å². The number of amides is 1. The van der Waals surface area contributed by atoms with Crippen LogP contribution >= 0.6 is 0 Å². The number of nitrogens with zero attached hydrogens (tertiary/aromatic N) is 2. The Morgan fingerprint density at radius 3 is 2.21 bits per heavy atom. The summed E-state index contributed by atoms with van der Waals surface area (Å²) in [4.78, 5) is 15.1. The molecule has 0 radical (unpaired) electrons. The predicted molar refractivity (Wildman–Crippen MR) is 118 cm³/mol. The molecule has 0 saturated carbocycles. The van der Waals surface area contributed by atoms with Gasteiger partial charge in [0.05, 0.1) is 4.90 Å². The van der Waals surface area contributed by atoms with E-state index in [2.05, 4.69) is 24.1 Å². The maximum absolute atomic E-state index is 12.6. The average Bonchev–Trinajstić information content (AvgIpc) is 2.71. The van der Waals surface area contributed by atoms with E-state index in [-0.39, 0.29) is 16.8 Å². The van der Waals surface area contributed by atoms with Crippen LogP contribution in [0.15, 0.2) is 53.4 Å². The minimum atomic E-state index is -3.56. The Kier molecular flexibility index (Phi) is 7.96. The fourth-order valence-electron chi connectivity index (χ4n) is 2.88. The Morgan fingerprint density at radius 2 is 1.66 bits per heavy atom. The summed E-state index contributed by atoms with van der Waals surface area (Å²) in [6.07, 6.45) is 0. The molecule has 0 atom stereocenters. The van der Waals surface area contributed by atoms with E-state index < -0.39 is 10.0 Å². The van der Waals surface area contributed by atoms with Gasteiger partial charge in [0.1, 0.15) is 0 Å². The van der Waals surface area contributed by atoms with Crippen molar-refractivity contribution in [1.29, 1.82) is 0 Å². The number of sulfonamides is 1. The molecule has 158 valence electrons. The second-order valence-electron chi connectivity index (χ2n) is 7.26. The molecule has 0 unspecified atom stereocenters. The highest BCUT2D eigenvalue weighted by Crippen LogP contribution is 2.18. The molecule has 2 aromatic carbocycles. The molecule has 0 fully saturated rings. The van der Waals surface area contributed by atoms with Crippen LogP contribution in [0, 0.1) is 0 Å². The van der Waals surface area contributed by atoms with Gasteiger partial charge in [0.25, 0.3) is 5.91 Å². The predicted octanol–water partition coefficient (Wildman–Crippen LogP) is 3.81. The Balaban J connectivity index is 2.12.